The summed E-state index contributed by atoms with van der Waals surface area (Å²) in [5, 5.41) is 3.04. The van der Waals surface area contributed by atoms with Gasteiger partial charge in [-0.15, -0.1) is 0 Å². The van der Waals surface area contributed by atoms with E-state index in [4.69, 9.17) is 0 Å². The number of hydrogen-bond acceptors (Lipinski definition) is 3. The lowest BCUT2D eigenvalue weighted by molar-refractivity contribution is 0.708. The van der Waals surface area contributed by atoms with E-state index >= 15 is 0 Å². The Labute approximate surface area is 86.1 Å². The minimum atomic E-state index is 0.242. The molecule has 4 heteroatoms. The SMILES string of the molecule is CNc1nc(C2(C)CC2)ncc1Br. The molecule has 0 spiro atoms. The van der Waals surface area contributed by atoms with Crippen molar-refractivity contribution in [1.82, 2.24) is 9.97 Å². The van der Waals surface area contributed by atoms with E-state index in [0.717, 1.165) is 16.1 Å². The van der Waals surface area contributed by atoms with Crippen LogP contribution in [0, 0.1) is 0 Å². The Bertz CT molecular complexity index is 334. The third-order valence-electron chi connectivity index (χ3n) is 2.52. The molecule has 1 fully saturated rings. The Kier molecular flexibility index (Phi) is 2.02. The summed E-state index contributed by atoms with van der Waals surface area (Å²) in [5.74, 6) is 1.83. The van der Waals surface area contributed by atoms with Crippen LogP contribution in [0.3, 0.4) is 0 Å². The average molecular weight is 242 g/mol. The van der Waals surface area contributed by atoms with Crippen molar-refractivity contribution >= 4 is 21.7 Å². The molecule has 0 saturated heterocycles. The van der Waals surface area contributed by atoms with Crippen LogP contribution in [0.15, 0.2) is 10.7 Å². The van der Waals surface area contributed by atoms with Crippen LogP contribution in [0.2, 0.25) is 0 Å². The first-order valence-electron chi connectivity index (χ1n) is 4.36. The molecule has 0 aliphatic heterocycles. The average Bonchev–Trinajstić information content (AvgIpc) is 2.86. The minimum absolute atomic E-state index is 0.242. The lowest BCUT2D eigenvalue weighted by Gasteiger charge is -2.09. The number of anilines is 1. The highest BCUT2D eigenvalue weighted by Gasteiger charge is 2.42. The fraction of sp³-hybridized carbons (Fsp3) is 0.556. The van der Waals surface area contributed by atoms with Gasteiger partial charge >= 0.3 is 0 Å². The molecule has 70 valence electrons. The van der Waals surface area contributed by atoms with E-state index in [1.165, 1.54) is 12.8 Å². The maximum atomic E-state index is 4.46. The molecule has 1 saturated carbocycles. The fourth-order valence-corrected chi connectivity index (χ4v) is 1.63. The predicted octanol–water partition coefficient (Wildman–Crippen LogP) is 2.33. The van der Waals surface area contributed by atoms with Crippen molar-refractivity contribution in [3.63, 3.8) is 0 Å². The quantitative estimate of drug-likeness (QED) is 0.864. The minimum Gasteiger partial charge on any atom is -0.372 e. The molecular weight excluding hydrogens is 230 g/mol. The van der Waals surface area contributed by atoms with Crippen LogP contribution in [0.4, 0.5) is 5.82 Å². The molecule has 0 atom stereocenters. The zero-order valence-electron chi connectivity index (χ0n) is 7.76. The van der Waals surface area contributed by atoms with Crippen molar-refractivity contribution in [1.29, 1.82) is 0 Å². The summed E-state index contributed by atoms with van der Waals surface area (Å²) in [6, 6.07) is 0. The third kappa shape index (κ3) is 1.55. The van der Waals surface area contributed by atoms with Gasteiger partial charge in [-0.25, -0.2) is 9.97 Å². The van der Waals surface area contributed by atoms with E-state index in [2.05, 4.69) is 38.1 Å². The number of nitrogens with one attached hydrogen (secondary N) is 1. The lowest BCUT2D eigenvalue weighted by atomic mass is 10.1. The molecule has 1 N–H and O–H groups in total. The molecule has 0 radical (unpaired) electrons. The van der Waals surface area contributed by atoms with Gasteiger partial charge in [0.05, 0.1) is 4.47 Å². The van der Waals surface area contributed by atoms with Gasteiger partial charge in [-0.3, -0.25) is 0 Å². The molecule has 0 aromatic carbocycles. The summed E-state index contributed by atoms with van der Waals surface area (Å²) >= 11 is 3.39. The Hall–Kier alpha value is -0.640. The maximum absolute atomic E-state index is 4.46. The molecule has 1 aliphatic carbocycles. The molecule has 3 nitrogen and oxygen atoms in total. The van der Waals surface area contributed by atoms with Crippen molar-refractivity contribution in [2.45, 2.75) is 25.2 Å². The highest BCUT2D eigenvalue weighted by molar-refractivity contribution is 9.10. The van der Waals surface area contributed by atoms with Gasteiger partial charge in [-0.2, -0.15) is 0 Å². The van der Waals surface area contributed by atoms with Crippen LogP contribution in [-0.2, 0) is 5.41 Å². The number of rotatable bonds is 2. The first-order valence-corrected chi connectivity index (χ1v) is 5.16. The summed E-state index contributed by atoms with van der Waals surface area (Å²) in [6.07, 6.45) is 4.23. The Balaban J connectivity index is 2.39. The van der Waals surface area contributed by atoms with Crippen LogP contribution in [0.5, 0.6) is 0 Å². The molecule has 13 heavy (non-hydrogen) atoms. The van der Waals surface area contributed by atoms with Crippen molar-refractivity contribution < 1.29 is 0 Å². The predicted molar refractivity (Wildman–Crippen MR) is 55.9 cm³/mol. The van der Waals surface area contributed by atoms with Crippen LogP contribution in [-0.4, -0.2) is 17.0 Å². The van der Waals surface area contributed by atoms with E-state index in [1.807, 2.05) is 13.2 Å². The summed E-state index contributed by atoms with van der Waals surface area (Å²) < 4.78 is 0.919. The fourth-order valence-electron chi connectivity index (χ4n) is 1.24. The first-order chi connectivity index (χ1) is 6.15. The highest BCUT2D eigenvalue weighted by Crippen LogP contribution is 2.46. The standard InChI is InChI=1S/C9H12BrN3/c1-9(3-4-9)8-12-5-6(10)7(11-2)13-8/h5H,3-4H2,1-2H3,(H,11,12,13). The molecule has 1 aromatic heterocycles. The van der Waals surface area contributed by atoms with Gasteiger partial charge in [0.15, 0.2) is 0 Å². The number of nitrogens with zero attached hydrogens (tertiary/aromatic N) is 2. The summed E-state index contributed by atoms with van der Waals surface area (Å²) in [6.45, 7) is 2.20. The Morgan fingerprint density at radius 1 is 1.54 bits per heavy atom. The molecule has 1 aliphatic rings. The zero-order chi connectivity index (χ0) is 9.47. The van der Waals surface area contributed by atoms with E-state index in [0.29, 0.717) is 0 Å². The molecule has 2 rings (SSSR count). The maximum Gasteiger partial charge on any atom is 0.143 e. The molecule has 0 unspecified atom stereocenters. The van der Waals surface area contributed by atoms with Gasteiger partial charge in [0.2, 0.25) is 0 Å². The highest BCUT2D eigenvalue weighted by atomic mass is 79.9. The number of hydrogen-bond donors (Lipinski definition) is 1. The summed E-state index contributed by atoms with van der Waals surface area (Å²) in [7, 11) is 1.87. The Morgan fingerprint density at radius 2 is 2.23 bits per heavy atom. The molecule has 1 heterocycles. The topological polar surface area (TPSA) is 37.8 Å². The van der Waals surface area contributed by atoms with E-state index in [9.17, 15) is 0 Å². The van der Waals surface area contributed by atoms with Gasteiger partial charge in [-0.05, 0) is 28.8 Å². The monoisotopic (exact) mass is 241 g/mol. The van der Waals surface area contributed by atoms with Crippen LogP contribution >= 0.6 is 15.9 Å². The van der Waals surface area contributed by atoms with Crippen molar-refractivity contribution in [3.05, 3.63) is 16.5 Å². The van der Waals surface area contributed by atoms with E-state index in [1.54, 1.807) is 0 Å². The van der Waals surface area contributed by atoms with E-state index in [-0.39, 0.29) is 5.41 Å². The van der Waals surface area contributed by atoms with Crippen molar-refractivity contribution in [3.8, 4) is 0 Å². The van der Waals surface area contributed by atoms with Gasteiger partial charge in [0.25, 0.3) is 0 Å². The lowest BCUT2D eigenvalue weighted by Crippen LogP contribution is -2.08. The van der Waals surface area contributed by atoms with Gasteiger partial charge < -0.3 is 5.32 Å². The summed E-state index contributed by atoms with van der Waals surface area (Å²) in [4.78, 5) is 8.78. The van der Waals surface area contributed by atoms with Crippen LogP contribution < -0.4 is 5.32 Å². The smallest absolute Gasteiger partial charge is 0.143 e. The van der Waals surface area contributed by atoms with Crippen LogP contribution in [0.1, 0.15) is 25.6 Å². The van der Waals surface area contributed by atoms with E-state index < -0.39 is 0 Å². The normalized spacial score (nSPS) is 18.4. The molecule has 0 bridgehead atoms. The second-order valence-electron chi connectivity index (χ2n) is 3.70. The van der Waals surface area contributed by atoms with Crippen molar-refractivity contribution in [2.75, 3.05) is 12.4 Å². The number of halogens is 1. The molecule has 0 amide bonds. The van der Waals surface area contributed by atoms with Crippen molar-refractivity contribution in [2.24, 2.45) is 0 Å². The second kappa shape index (κ2) is 2.94. The third-order valence-corrected chi connectivity index (χ3v) is 3.10. The van der Waals surface area contributed by atoms with Gasteiger partial charge in [0.1, 0.15) is 11.6 Å². The molecule has 1 aromatic rings. The number of aromatic nitrogens is 2. The van der Waals surface area contributed by atoms with Crippen LogP contribution in [0.25, 0.3) is 0 Å². The first kappa shape index (κ1) is 8.94. The largest absolute Gasteiger partial charge is 0.372 e. The van der Waals surface area contributed by atoms with Gasteiger partial charge in [0, 0.05) is 18.7 Å². The Morgan fingerprint density at radius 3 is 2.77 bits per heavy atom. The second-order valence-corrected chi connectivity index (χ2v) is 4.56. The van der Waals surface area contributed by atoms with Gasteiger partial charge in [-0.1, -0.05) is 6.92 Å². The molecular formula is C9H12BrN3. The zero-order valence-corrected chi connectivity index (χ0v) is 9.35. The summed E-state index contributed by atoms with van der Waals surface area (Å²) in [5.41, 5.74) is 0.242.